The number of rotatable bonds is 12. The molecule has 0 saturated heterocycles. The van der Waals surface area contributed by atoms with Crippen LogP contribution in [-0.2, 0) is 20.8 Å². The van der Waals surface area contributed by atoms with Crippen molar-refractivity contribution in [1.82, 2.24) is 4.90 Å². The Labute approximate surface area is 190 Å². The summed E-state index contributed by atoms with van der Waals surface area (Å²) in [4.78, 5) is 37.6. The van der Waals surface area contributed by atoms with Gasteiger partial charge in [0.1, 0.15) is 0 Å². The van der Waals surface area contributed by atoms with Crippen molar-refractivity contribution in [3.63, 3.8) is 0 Å². The summed E-state index contributed by atoms with van der Waals surface area (Å²) in [5.41, 5.74) is 3.20. The minimum absolute atomic E-state index is 0.0156. The summed E-state index contributed by atoms with van der Waals surface area (Å²) >= 11 is 0. The SMILES string of the molecule is CCCCCC(=O)Nc1cccc(NC(=O)CNc2ccc(CCC(=O)N(C)C)cc2)c1. The highest BCUT2D eigenvalue weighted by atomic mass is 16.2. The molecule has 2 aromatic carbocycles. The fraction of sp³-hybridized carbons (Fsp3) is 0.400. The molecule has 0 radical (unpaired) electrons. The molecule has 0 fully saturated rings. The Morgan fingerprint density at radius 3 is 2.09 bits per heavy atom. The smallest absolute Gasteiger partial charge is 0.243 e. The Morgan fingerprint density at radius 1 is 0.812 bits per heavy atom. The molecule has 0 aliphatic carbocycles. The van der Waals surface area contributed by atoms with Gasteiger partial charge in [-0.15, -0.1) is 0 Å². The standard InChI is InChI=1S/C25H34N4O3/c1-4-5-6-10-23(30)27-21-8-7-9-22(17-21)28-24(31)18-26-20-14-11-19(12-15-20)13-16-25(32)29(2)3/h7-9,11-12,14-15,17,26H,4-6,10,13,16,18H2,1-3H3,(H,27,30)(H,28,31). The van der Waals surface area contributed by atoms with E-state index >= 15 is 0 Å². The summed E-state index contributed by atoms with van der Waals surface area (Å²) in [6.07, 6.45) is 4.64. The van der Waals surface area contributed by atoms with Crippen molar-refractivity contribution < 1.29 is 14.4 Å². The van der Waals surface area contributed by atoms with E-state index in [2.05, 4.69) is 22.9 Å². The maximum atomic E-state index is 12.3. The van der Waals surface area contributed by atoms with Crippen LogP contribution in [0.2, 0.25) is 0 Å². The van der Waals surface area contributed by atoms with E-state index in [9.17, 15) is 14.4 Å². The second-order valence-electron chi connectivity index (χ2n) is 7.97. The second-order valence-corrected chi connectivity index (χ2v) is 7.97. The molecule has 3 N–H and O–H groups in total. The molecule has 0 unspecified atom stereocenters. The lowest BCUT2D eigenvalue weighted by molar-refractivity contribution is -0.128. The summed E-state index contributed by atoms with van der Waals surface area (Å²) < 4.78 is 0. The lowest BCUT2D eigenvalue weighted by Crippen LogP contribution is -2.22. The molecule has 0 spiro atoms. The van der Waals surface area contributed by atoms with Gasteiger partial charge in [-0.25, -0.2) is 0 Å². The number of nitrogens with one attached hydrogen (secondary N) is 3. The van der Waals surface area contributed by atoms with Crippen LogP contribution in [-0.4, -0.2) is 43.3 Å². The largest absolute Gasteiger partial charge is 0.376 e. The highest BCUT2D eigenvalue weighted by Crippen LogP contribution is 2.16. The number of anilines is 3. The van der Waals surface area contributed by atoms with Gasteiger partial charge in [-0.05, 0) is 48.7 Å². The molecule has 0 aliphatic rings. The van der Waals surface area contributed by atoms with Crippen LogP contribution in [0, 0.1) is 0 Å². The van der Waals surface area contributed by atoms with E-state index in [0.29, 0.717) is 30.6 Å². The molecule has 0 saturated carbocycles. The van der Waals surface area contributed by atoms with E-state index in [1.165, 1.54) is 0 Å². The van der Waals surface area contributed by atoms with E-state index in [0.717, 1.165) is 30.5 Å². The van der Waals surface area contributed by atoms with Gasteiger partial charge >= 0.3 is 0 Å². The first kappa shape index (κ1) is 24.9. The van der Waals surface area contributed by atoms with Gasteiger partial charge in [0, 0.05) is 44.0 Å². The Hall–Kier alpha value is -3.35. The van der Waals surface area contributed by atoms with E-state index < -0.39 is 0 Å². The monoisotopic (exact) mass is 438 g/mol. The lowest BCUT2D eigenvalue weighted by Gasteiger charge is -2.11. The molecule has 0 heterocycles. The molecular formula is C25H34N4O3. The number of benzene rings is 2. The van der Waals surface area contributed by atoms with Crippen molar-refractivity contribution in [2.45, 2.75) is 45.4 Å². The first-order valence-corrected chi connectivity index (χ1v) is 11.1. The third-order valence-corrected chi connectivity index (χ3v) is 4.97. The summed E-state index contributed by atoms with van der Waals surface area (Å²) in [6.45, 7) is 2.22. The van der Waals surface area contributed by atoms with Crippen LogP contribution < -0.4 is 16.0 Å². The number of carbonyl (C=O) groups is 3. The van der Waals surface area contributed by atoms with Gasteiger partial charge in [0.15, 0.2) is 0 Å². The number of hydrogen-bond acceptors (Lipinski definition) is 4. The number of amides is 3. The highest BCUT2D eigenvalue weighted by Gasteiger charge is 2.07. The van der Waals surface area contributed by atoms with Crippen LogP contribution in [0.1, 0.15) is 44.6 Å². The average Bonchev–Trinajstić information content (AvgIpc) is 2.77. The van der Waals surface area contributed by atoms with Gasteiger partial charge < -0.3 is 20.9 Å². The normalized spacial score (nSPS) is 10.3. The zero-order valence-corrected chi connectivity index (χ0v) is 19.2. The van der Waals surface area contributed by atoms with Gasteiger partial charge in [0.05, 0.1) is 6.54 Å². The van der Waals surface area contributed by atoms with Gasteiger partial charge in [-0.1, -0.05) is 38.0 Å². The van der Waals surface area contributed by atoms with Gasteiger partial charge in [-0.2, -0.15) is 0 Å². The van der Waals surface area contributed by atoms with Crippen LogP contribution in [0.5, 0.6) is 0 Å². The molecule has 0 aliphatic heterocycles. The predicted octanol–water partition coefficient (Wildman–Crippen LogP) is 4.28. The van der Waals surface area contributed by atoms with E-state index in [1.54, 1.807) is 43.3 Å². The minimum atomic E-state index is -0.183. The molecule has 2 rings (SSSR count). The Balaban J connectivity index is 1.78. The van der Waals surface area contributed by atoms with Gasteiger partial charge in [0.2, 0.25) is 17.7 Å². The molecule has 7 heteroatoms. The van der Waals surface area contributed by atoms with Gasteiger partial charge in [0.25, 0.3) is 0 Å². The molecule has 7 nitrogen and oxygen atoms in total. The van der Waals surface area contributed by atoms with E-state index in [-0.39, 0.29) is 24.3 Å². The molecular weight excluding hydrogens is 404 g/mol. The average molecular weight is 439 g/mol. The maximum absolute atomic E-state index is 12.3. The Morgan fingerprint density at radius 2 is 1.47 bits per heavy atom. The molecule has 2 aromatic rings. The topological polar surface area (TPSA) is 90.5 Å². The van der Waals surface area contributed by atoms with Crippen LogP contribution in [0.25, 0.3) is 0 Å². The molecule has 0 aromatic heterocycles. The van der Waals surface area contributed by atoms with Crippen molar-refractivity contribution in [2.24, 2.45) is 0 Å². The third-order valence-electron chi connectivity index (χ3n) is 4.97. The third kappa shape index (κ3) is 9.20. The summed E-state index contributed by atoms with van der Waals surface area (Å²) in [6, 6.07) is 14.8. The number of aryl methyl sites for hydroxylation is 1. The lowest BCUT2D eigenvalue weighted by atomic mass is 10.1. The minimum Gasteiger partial charge on any atom is -0.376 e. The van der Waals surface area contributed by atoms with Crippen LogP contribution >= 0.6 is 0 Å². The van der Waals surface area contributed by atoms with Crippen molar-refractivity contribution >= 4 is 34.8 Å². The number of unbranched alkanes of at least 4 members (excludes halogenated alkanes) is 2. The van der Waals surface area contributed by atoms with E-state index in [1.807, 2.05) is 24.3 Å². The van der Waals surface area contributed by atoms with Crippen molar-refractivity contribution in [3.05, 3.63) is 54.1 Å². The second kappa shape index (κ2) is 13.1. The summed E-state index contributed by atoms with van der Waals surface area (Å²) in [5.74, 6) is -0.0980. The maximum Gasteiger partial charge on any atom is 0.243 e. The number of carbonyl (C=O) groups excluding carboxylic acids is 3. The number of nitrogens with zero attached hydrogens (tertiary/aromatic N) is 1. The number of hydrogen-bond donors (Lipinski definition) is 3. The van der Waals surface area contributed by atoms with Crippen LogP contribution in [0.15, 0.2) is 48.5 Å². The fourth-order valence-corrected chi connectivity index (χ4v) is 3.09. The fourth-order valence-electron chi connectivity index (χ4n) is 3.09. The quantitative estimate of drug-likeness (QED) is 0.432. The highest BCUT2D eigenvalue weighted by molar-refractivity contribution is 5.95. The summed E-state index contributed by atoms with van der Waals surface area (Å²) in [5, 5.41) is 8.80. The zero-order chi connectivity index (χ0) is 23.3. The molecule has 3 amide bonds. The van der Waals surface area contributed by atoms with Crippen LogP contribution in [0.3, 0.4) is 0 Å². The molecule has 172 valence electrons. The van der Waals surface area contributed by atoms with Crippen molar-refractivity contribution in [1.29, 1.82) is 0 Å². The molecule has 32 heavy (non-hydrogen) atoms. The predicted molar refractivity (Wildman–Crippen MR) is 130 cm³/mol. The first-order chi connectivity index (χ1) is 15.4. The summed E-state index contributed by atoms with van der Waals surface area (Å²) in [7, 11) is 3.50. The van der Waals surface area contributed by atoms with Crippen LogP contribution in [0.4, 0.5) is 17.1 Å². The van der Waals surface area contributed by atoms with Gasteiger partial charge in [-0.3, -0.25) is 14.4 Å². The van der Waals surface area contributed by atoms with E-state index in [4.69, 9.17) is 0 Å². The van der Waals surface area contributed by atoms with Crippen molar-refractivity contribution in [2.75, 3.05) is 36.6 Å². The Bertz CT molecular complexity index is 894. The van der Waals surface area contributed by atoms with Crippen molar-refractivity contribution in [3.8, 4) is 0 Å². The zero-order valence-electron chi connectivity index (χ0n) is 19.2. The molecule has 0 atom stereocenters. The first-order valence-electron chi connectivity index (χ1n) is 11.1. The molecule has 0 bridgehead atoms. The Kier molecular flexibility index (Phi) is 10.2.